The highest BCUT2D eigenvalue weighted by atomic mass is 19.1. The van der Waals surface area contributed by atoms with E-state index in [1.165, 1.54) is 63.6 Å². The average Bonchev–Trinajstić information content (AvgIpc) is 3.12. The second kappa shape index (κ2) is 9.79. The monoisotopic (exact) mass is 376 g/mol. The first-order valence-corrected chi connectivity index (χ1v) is 10.6. The molecule has 3 rings (SSSR count). The van der Waals surface area contributed by atoms with Crippen LogP contribution in [0, 0.1) is 17.6 Å². The molecule has 4 heteroatoms. The van der Waals surface area contributed by atoms with E-state index in [9.17, 15) is 8.78 Å². The maximum Gasteiger partial charge on any atom is 0.133 e. The quantitative estimate of drug-likeness (QED) is 0.686. The Balaban J connectivity index is 1.49. The van der Waals surface area contributed by atoms with Gasteiger partial charge in [0.05, 0.1) is 0 Å². The molecule has 1 aromatic carbocycles. The summed E-state index contributed by atoms with van der Waals surface area (Å²) in [6, 6.07) is 5.04. The molecule has 0 amide bonds. The van der Waals surface area contributed by atoms with Crippen molar-refractivity contribution in [3.8, 4) is 0 Å². The van der Waals surface area contributed by atoms with E-state index in [2.05, 4.69) is 17.1 Å². The second-order valence-electron chi connectivity index (χ2n) is 8.46. The summed E-state index contributed by atoms with van der Waals surface area (Å²) >= 11 is 0. The minimum absolute atomic E-state index is 0.448. The lowest BCUT2D eigenvalue weighted by atomic mass is 9.84. The predicted molar refractivity (Wildman–Crippen MR) is 109 cm³/mol. The third-order valence-electron chi connectivity index (χ3n) is 6.43. The molecular formula is C23H34F2N2. The van der Waals surface area contributed by atoms with Crippen molar-refractivity contribution in [3.63, 3.8) is 0 Å². The van der Waals surface area contributed by atoms with Crippen LogP contribution < -0.4 is 5.32 Å². The van der Waals surface area contributed by atoms with Gasteiger partial charge in [-0.1, -0.05) is 30.9 Å². The maximum absolute atomic E-state index is 13.8. The van der Waals surface area contributed by atoms with Gasteiger partial charge in [0, 0.05) is 36.8 Å². The molecule has 1 aliphatic carbocycles. The van der Waals surface area contributed by atoms with Crippen molar-refractivity contribution in [2.24, 2.45) is 5.92 Å². The van der Waals surface area contributed by atoms with Gasteiger partial charge < -0.3 is 5.32 Å². The van der Waals surface area contributed by atoms with Crippen LogP contribution in [0.25, 0.3) is 6.08 Å². The summed E-state index contributed by atoms with van der Waals surface area (Å²) in [6.45, 7) is 7.36. The van der Waals surface area contributed by atoms with E-state index in [0.717, 1.165) is 30.6 Å². The van der Waals surface area contributed by atoms with Crippen molar-refractivity contribution in [3.05, 3.63) is 41.0 Å². The van der Waals surface area contributed by atoms with Crippen LogP contribution in [0.4, 0.5) is 8.78 Å². The van der Waals surface area contributed by atoms with Crippen LogP contribution in [0.1, 0.15) is 64.4 Å². The Morgan fingerprint density at radius 1 is 1.19 bits per heavy atom. The lowest BCUT2D eigenvalue weighted by Crippen LogP contribution is -2.46. The zero-order valence-corrected chi connectivity index (χ0v) is 16.8. The highest BCUT2D eigenvalue weighted by Crippen LogP contribution is 2.32. The molecule has 1 heterocycles. The molecule has 0 radical (unpaired) electrons. The predicted octanol–water partition coefficient (Wildman–Crippen LogP) is 5.39. The Bertz CT molecular complexity index is 637. The largest absolute Gasteiger partial charge is 0.311 e. The van der Waals surface area contributed by atoms with Crippen LogP contribution in [0.15, 0.2) is 23.8 Å². The lowest BCUT2D eigenvalue weighted by molar-refractivity contribution is 0.117. The molecule has 0 spiro atoms. The third kappa shape index (κ3) is 5.61. The smallest absolute Gasteiger partial charge is 0.133 e. The number of likely N-dealkylation sites (tertiary alicyclic amines) is 1. The van der Waals surface area contributed by atoms with Crippen LogP contribution in [0.3, 0.4) is 0 Å². The third-order valence-corrected chi connectivity index (χ3v) is 6.43. The van der Waals surface area contributed by atoms with Gasteiger partial charge in [0.25, 0.3) is 0 Å². The molecule has 0 aromatic heterocycles. The van der Waals surface area contributed by atoms with Gasteiger partial charge in [-0.25, -0.2) is 8.78 Å². The molecule has 1 saturated carbocycles. The Kier molecular flexibility index (Phi) is 7.42. The fourth-order valence-electron chi connectivity index (χ4n) is 4.87. The summed E-state index contributed by atoms with van der Waals surface area (Å²) in [7, 11) is 0. The molecule has 2 fully saturated rings. The van der Waals surface area contributed by atoms with Gasteiger partial charge in [-0.3, -0.25) is 4.90 Å². The highest BCUT2D eigenvalue weighted by molar-refractivity contribution is 5.53. The van der Waals surface area contributed by atoms with E-state index < -0.39 is 11.6 Å². The zero-order chi connectivity index (χ0) is 19.2. The van der Waals surface area contributed by atoms with Crippen LogP contribution in [-0.2, 0) is 0 Å². The van der Waals surface area contributed by atoms with Crippen molar-refractivity contribution < 1.29 is 8.78 Å². The second-order valence-corrected chi connectivity index (χ2v) is 8.46. The van der Waals surface area contributed by atoms with E-state index in [0.29, 0.717) is 17.6 Å². The van der Waals surface area contributed by atoms with Crippen LogP contribution in [-0.4, -0.2) is 36.6 Å². The fourth-order valence-corrected chi connectivity index (χ4v) is 4.87. The molecule has 1 aromatic rings. The summed E-state index contributed by atoms with van der Waals surface area (Å²) in [6.07, 6.45) is 11.4. The summed E-state index contributed by atoms with van der Waals surface area (Å²) in [5.74, 6) is -0.172. The van der Waals surface area contributed by atoms with Crippen molar-refractivity contribution in [2.75, 3.05) is 19.6 Å². The van der Waals surface area contributed by atoms with Gasteiger partial charge in [0.1, 0.15) is 11.6 Å². The van der Waals surface area contributed by atoms with Gasteiger partial charge in [0.2, 0.25) is 0 Å². The maximum atomic E-state index is 13.8. The topological polar surface area (TPSA) is 15.3 Å². The van der Waals surface area contributed by atoms with Gasteiger partial charge in [-0.2, -0.15) is 0 Å². The molecule has 1 unspecified atom stereocenters. The first kappa shape index (κ1) is 20.5. The first-order valence-electron chi connectivity index (χ1n) is 10.6. The summed E-state index contributed by atoms with van der Waals surface area (Å²) in [5, 5.41) is 3.56. The van der Waals surface area contributed by atoms with Crippen LogP contribution in [0.2, 0.25) is 0 Å². The number of hydrogen-bond donors (Lipinski definition) is 1. The standard InChI is InChI=1S/C23H34F2N2/c1-17(13-20-10-11-21(24)14-23(20)25)15-26-16-22-9-6-12-27(22)18(2)19-7-4-3-5-8-19/h10-11,13-14,18-19,22,26H,3-9,12,15-16H2,1-2H3/b17-13+/t18-,22?/m0/s1. The number of hydrogen-bond acceptors (Lipinski definition) is 2. The Morgan fingerprint density at radius 2 is 1.96 bits per heavy atom. The summed E-state index contributed by atoms with van der Waals surface area (Å²) in [4.78, 5) is 2.72. The molecule has 2 atom stereocenters. The fraction of sp³-hybridized carbons (Fsp3) is 0.652. The summed E-state index contributed by atoms with van der Waals surface area (Å²) < 4.78 is 26.8. The molecule has 0 bridgehead atoms. The molecule has 1 N–H and O–H groups in total. The van der Waals surface area contributed by atoms with Crippen molar-refractivity contribution in [1.82, 2.24) is 10.2 Å². The lowest BCUT2D eigenvalue weighted by Gasteiger charge is -2.38. The zero-order valence-electron chi connectivity index (χ0n) is 16.8. The van der Waals surface area contributed by atoms with Gasteiger partial charge >= 0.3 is 0 Å². The molecule has 2 aliphatic rings. The minimum atomic E-state index is -0.533. The highest BCUT2D eigenvalue weighted by Gasteiger charge is 2.32. The van der Waals surface area contributed by atoms with Crippen molar-refractivity contribution in [2.45, 2.75) is 70.9 Å². The van der Waals surface area contributed by atoms with E-state index in [1.807, 2.05) is 6.92 Å². The normalized spacial score (nSPS) is 23.7. The van der Waals surface area contributed by atoms with Crippen molar-refractivity contribution >= 4 is 6.08 Å². The molecule has 1 aliphatic heterocycles. The molecule has 150 valence electrons. The molecule has 27 heavy (non-hydrogen) atoms. The van der Waals surface area contributed by atoms with Gasteiger partial charge in [-0.15, -0.1) is 0 Å². The molecule has 1 saturated heterocycles. The SMILES string of the molecule is C/C(=C\c1ccc(F)cc1F)CNCC1CCCN1[C@@H](C)C1CCCCC1. The Labute approximate surface area is 163 Å². The van der Waals surface area contributed by atoms with Gasteiger partial charge in [0.15, 0.2) is 0 Å². The summed E-state index contributed by atoms with van der Waals surface area (Å²) in [5.41, 5.74) is 1.51. The number of rotatable bonds is 7. The molecular weight excluding hydrogens is 342 g/mol. The Hall–Kier alpha value is -1.26. The number of benzene rings is 1. The van der Waals surface area contributed by atoms with E-state index in [1.54, 1.807) is 6.08 Å². The Morgan fingerprint density at radius 3 is 2.70 bits per heavy atom. The number of halogens is 2. The minimum Gasteiger partial charge on any atom is -0.311 e. The van der Waals surface area contributed by atoms with E-state index in [4.69, 9.17) is 0 Å². The van der Waals surface area contributed by atoms with E-state index in [-0.39, 0.29) is 0 Å². The average molecular weight is 377 g/mol. The van der Waals surface area contributed by atoms with Crippen molar-refractivity contribution in [1.29, 1.82) is 0 Å². The van der Waals surface area contributed by atoms with Crippen LogP contribution in [0.5, 0.6) is 0 Å². The first-order chi connectivity index (χ1) is 13.0. The molecule has 2 nitrogen and oxygen atoms in total. The van der Waals surface area contributed by atoms with Crippen LogP contribution >= 0.6 is 0 Å². The van der Waals surface area contributed by atoms with Gasteiger partial charge in [-0.05, 0) is 64.1 Å². The van der Waals surface area contributed by atoms with E-state index >= 15 is 0 Å². The number of nitrogens with zero attached hydrogens (tertiary/aromatic N) is 1. The number of nitrogens with one attached hydrogen (secondary N) is 1.